The quantitative estimate of drug-likeness (QED) is 0.331. The third kappa shape index (κ3) is 5.35. The number of oxime groups is 1. The first-order valence-corrected chi connectivity index (χ1v) is 14.0. The molecule has 2 aromatic rings. The third-order valence-corrected chi connectivity index (χ3v) is 9.40. The molecule has 1 aliphatic carbocycles. The van der Waals surface area contributed by atoms with Crippen LogP contribution in [0, 0.1) is 5.92 Å². The zero-order valence-electron chi connectivity index (χ0n) is 21.4. The zero-order chi connectivity index (χ0) is 27.3. The van der Waals surface area contributed by atoms with Crippen molar-refractivity contribution in [2.45, 2.75) is 39.5 Å². The fraction of sp³-hybridized carbons (Fsp3) is 0.385. The van der Waals surface area contributed by atoms with Crippen LogP contribution in [0.3, 0.4) is 0 Å². The number of fused-ring (bicyclic) bond motifs is 1. The summed E-state index contributed by atoms with van der Waals surface area (Å²) in [4.78, 5) is 34.0. The fourth-order valence-electron chi connectivity index (χ4n) is 4.53. The van der Waals surface area contributed by atoms with E-state index in [1.165, 1.54) is 38.8 Å². The third-order valence-electron chi connectivity index (χ3n) is 6.54. The highest BCUT2D eigenvalue weighted by molar-refractivity contribution is 8.54. The van der Waals surface area contributed by atoms with Gasteiger partial charge in [0, 0.05) is 36.8 Å². The van der Waals surface area contributed by atoms with Crippen LogP contribution in [0.2, 0.25) is 0 Å². The first-order valence-electron chi connectivity index (χ1n) is 12.5. The lowest BCUT2D eigenvalue weighted by atomic mass is 10.0. The molecule has 0 radical (unpaired) electrons. The number of carboxylic acid groups (broad SMARTS) is 2. The maximum Gasteiger partial charge on any atom is 0.393 e. The molecular formula is C26H33N5O6S. The number of hydrogen-bond acceptors (Lipinski definition) is 9. The lowest BCUT2D eigenvalue weighted by Gasteiger charge is -2.42. The van der Waals surface area contributed by atoms with E-state index in [4.69, 9.17) is 15.3 Å². The highest BCUT2D eigenvalue weighted by Crippen LogP contribution is 2.61. The van der Waals surface area contributed by atoms with E-state index in [2.05, 4.69) is 10.1 Å². The Kier molecular flexibility index (Phi) is 8.30. The summed E-state index contributed by atoms with van der Waals surface area (Å²) >= 11 is 0. The number of aryl methyl sites for hydroxylation is 1. The second kappa shape index (κ2) is 11.6. The van der Waals surface area contributed by atoms with Gasteiger partial charge in [0.25, 0.3) is 0 Å². The van der Waals surface area contributed by atoms with Gasteiger partial charge in [0.2, 0.25) is 0 Å². The molecule has 2 aliphatic rings. The van der Waals surface area contributed by atoms with Gasteiger partial charge in [-0.3, -0.25) is 4.31 Å². The van der Waals surface area contributed by atoms with Crippen LogP contribution in [0.5, 0.6) is 5.75 Å². The predicted molar refractivity (Wildman–Crippen MR) is 147 cm³/mol. The predicted octanol–water partition coefficient (Wildman–Crippen LogP) is 5.43. The number of anilines is 2. The summed E-state index contributed by atoms with van der Waals surface area (Å²) in [6.07, 6.45) is 7.52. The highest BCUT2D eigenvalue weighted by Gasteiger charge is 2.53. The second-order valence-electron chi connectivity index (χ2n) is 9.09. The van der Waals surface area contributed by atoms with Crippen molar-refractivity contribution in [1.29, 1.82) is 0 Å². The van der Waals surface area contributed by atoms with E-state index in [0.29, 0.717) is 25.3 Å². The smallest absolute Gasteiger partial charge is 0.393 e. The molecule has 38 heavy (non-hydrogen) atoms. The second-order valence-corrected chi connectivity index (χ2v) is 11.7. The van der Waals surface area contributed by atoms with Crippen LogP contribution in [-0.2, 0) is 11.3 Å². The number of pyridine rings is 1. The minimum atomic E-state index is -3.47. The Labute approximate surface area is 223 Å². The van der Waals surface area contributed by atoms with Gasteiger partial charge in [-0.25, -0.2) is 14.6 Å². The Hall–Kier alpha value is -3.93. The number of benzene rings is 1. The van der Waals surface area contributed by atoms with Gasteiger partial charge in [-0.05, 0) is 68.4 Å². The van der Waals surface area contributed by atoms with E-state index in [-0.39, 0.29) is 18.3 Å². The monoisotopic (exact) mass is 543 g/mol. The molecule has 12 heteroatoms. The first kappa shape index (κ1) is 27.1. The van der Waals surface area contributed by atoms with Crippen molar-refractivity contribution >= 4 is 38.2 Å². The average Bonchev–Trinajstić information content (AvgIpc) is 3.48. The SMILES string of the molecule is CCO/N=C1\CCc2cc(OCCC(C)CCN3C=CN(c4ccnc(N)c4)S3(C(=O)O)C(=O)O)ccc21. The van der Waals surface area contributed by atoms with E-state index < -0.39 is 21.0 Å². The zero-order valence-corrected chi connectivity index (χ0v) is 22.3. The van der Waals surface area contributed by atoms with Crippen molar-refractivity contribution in [2.75, 3.05) is 29.8 Å². The van der Waals surface area contributed by atoms with Gasteiger partial charge in [-0.1, -0.05) is 12.1 Å². The van der Waals surface area contributed by atoms with Crippen molar-refractivity contribution in [3.05, 3.63) is 60.1 Å². The maximum absolute atomic E-state index is 12.4. The van der Waals surface area contributed by atoms with E-state index >= 15 is 0 Å². The lowest BCUT2D eigenvalue weighted by Crippen LogP contribution is -2.40. The minimum absolute atomic E-state index is 0.174. The number of nitrogens with zero attached hydrogens (tertiary/aromatic N) is 4. The Morgan fingerprint density at radius 3 is 2.66 bits per heavy atom. The molecule has 2 heterocycles. The van der Waals surface area contributed by atoms with Crippen LogP contribution in [-0.4, -0.2) is 55.6 Å². The summed E-state index contributed by atoms with van der Waals surface area (Å²) in [5.41, 5.74) is 9.38. The molecule has 0 fully saturated rings. The molecule has 1 aliphatic heterocycles. The van der Waals surface area contributed by atoms with Gasteiger partial charge in [-0.15, -0.1) is 0 Å². The Bertz CT molecular complexity index is 1240. The van der Waals surface area contributed by atoms with Crippen LogP contribution in [0.4, 0.5) is 21.1 Å². The molecule has 11 nitrogen and oxygen atoms in total. The number of aromatic nitrogens is 1. The van der Waals surface area contributed by atoms with Gasteiger partial charge in [-0.2, -0.15) is 0 Å². The largest absolute Gasteiger partial charge is 0.494 e. The number of ether oxygens (including phenoxy) is 1. The van der Waals surface area contributed by atoms with Crippen molar-refractivity contribution < 1.29 is 29.4 Å². The molecule has 0 saturated carbocycles. The standard InChI is InChI=1S/C26H33N5O6S/c1-3-37-29-23-7-4-19-16-21(5-6-22(19)23)36-15-10-18(2)9-12-30-13-14-31(20-8-11-28-24(27)17-20)38(30,25(32)33)26(34)35/h5-6,8,11,13-14,16-18H,3-4,7,9-10,12,15H2,1-2H3,(H2,27,28)(H,32,33)(H,34,35)/b29-23+. The van der Waals surface area contributed by atoms with Crippen LogP contribution in [0.25, 0.3) is 0 Å². The summed E-state index contributed by atoms with van der Waals surface area (Å²) in [6, 6.07) is 9.00. The Morgan fingerprint density at radius 1 is 1.16 bits per heavy atom. The Morgan fingerprint density at radius 2 is 1.95 bits per heavy atom. The molecule has 204 valence electrons. The number of nitrogen functional groups attached to an aromatic ring is 1. The van der Waals surface area contributed by atoms with Crippen molar-refractivity contribution in [1.82, 2.24) is 9.29 Å². The van der Waals surface area contributed by atoms with Crippen LogP contribution in [0.15, 0.2) is 54.1 Å². The molecule has 0 saturated heterocycles. The van der Waals surface area contributed by atoms with E-state index in [0.717, 1.165) is 36.3 Å². The van der Waals surface area contributed by atoms with Gasteiger partial charge < -0.3 is 29.8 Å². The number of hydrogen-bond donors (Lipinski definition) is 3. The molecule has 4 N–H and O–H groups in total. The van der Waals surface area contributed by atoms with Crippen molar-refractivity contribution in [3.63, 3.8) is 0 Å². The van der Waals surface area contributed by atoms with Crippen molar-refractivity contribution in [3.8, 4) is 5.75 Å². The summed E-state index contributed by atoms with van der Waals surface area (Å²) < 4.78 is 8.69. The fourth-order valence-corrected chi connectivity index (χ4v) is 6.89. The molecule has 1 aromatic carbocycles. The summed E-state index contributed by atoms with van der Waals surface area (Å²) in [5.74, 6) is 1.14. The number of carbonyl (C=O) groups is 2. The Balaban J connectivity index is 1.34. The lowest BCUT2D eigenvalue weighted by molar-refractivity contribution is 0.158. The average molecular weight is 544 g/mol. The molecular weight excluding hydrogens is 510 g/mol. The normalized spacial score (nSPS) is 18.3. The topological polar surface area (TPSA) is 151 Å². The van der Waals surface area contributed by atoms with E-state index in [1.807, 2.05) is 32.0 Å². The molecule has 0 amide bonds. The van der Waals surface area contributed by atoms with Gasteiger partial charge in [0.1, 0.15) is 28.6 Å². The van der Waals surface area contributed by atoms with Crippen LogP contribution >= 0.6 is 10.4 Å². The van der Waals surface area contributed by atoms with Crippen LogP contribution < -0.4 is 14.8 Å². The van der Waals surface area contributed by atoms with Gasteiger partial charge >= 0.3 is 10.6 Å². The number of nitrogens with two attached hydrogens (primary N) is 1. The minimum Gasteiger partial charge on any atom is -0.494 e. The van der Waals surface area contributed by atoms with Gasteiger partial charge in [0.05, 0.1) is 18.0 Å². The first-order chi connectivity index (χ1) is 18.3. The van der Waals surface area contributed by atoms with E-state index in [9.17, 15) is 19.8 Å². The van der Waals surface area contributed by atoms with E-state index in [1.54, 1.807) is 6.07 Å². The molecule has 1 atom stereocenters. The molecule has 4 rings (SSSR count). The van der Waals surface area contributed by atoms with Crippen LogP contribution in [0.1, 0.15) is 44.2 Å². The highest BCUT2D eigenvalue weighted by atomic mass is 32.3. The molecule has 1 unspecified atom stereocenters. The molecule has 1 aromatic heterocycles. The number of rotatable bonds is 10. The maximum atomic E-state index is 12.4. The molecule has 0 bridgehead atoms. The van der Waals surface area contributed by atoms with Crippen molar-refractivity contribution in [2.24, 2.45) is 11.1 Å². The summed E-state index contributed by atoms with van der Waals surface area (Å²) in [5, 5.41) is 21.6. The molecule has 0 spiro atoms. The van der Waals surface area contributed by atoms with Gasteiger partial charge in [0.15, 0.2) is 0 Å². The summed E-state index contributed by atoms with van der Waals surface area (Å²) in [6.45, 7) is 5.25. The summed E-state index contributed by atoms with van der Waals surface area (Å²) in [7, 11) is -3.47.